The minimum absolute atomic E-state index is 0.128. The molecule has 1 aliphatic rings. The first-order chi connectivity index (χ1) is 14.0. The second kappa shape index (κ2) is 7.94. The molecule has 0 unspecified atom stereocenters. The van der Waals surface area contributed by atoms with Gasteiger partial charge in [-0.25, -0.2) is 4.79 Å². The van der Waals surface area contributed by atoms with E-state index in [1.165, 1.54) is 0 Å². The van der Waals surface area contributed by atoms with Crippen LogP contribution < -0.4 is 10.6 Å². The molecule has 0 spiro atoms. The van der Waals surface area contributed by atoms with Crippen molar-refractivity contribution < 1.29 is 9.59 Å². The van der Waals surface area contributed by atoms with Gasteiger partial charge in [-0.05, 0) is 41.0 Å². The van der Waals surface area contributed by atoms with Crippen LogP contribution >= 0.6 is 11.6 Å². The predicted molar refractivity (Wildman–Crippen MR) is 115 cm³/mol. The fourth-order valence-electron chi connectivity index (χ4n) is 3.58. The van der Waals surface area contributed by atoms with Gasteiger partial charge in [0, 0.05) is 16.3 Å². The Bertz CT molecular complexity index is 1060. The van der Waals surface area contributed by atoms with E-state index in [1.807, 2.05) is 54.6 Å². The van der Waals surface area contributed by atoms with E-state index in [-0.39, 0.29) is 11.8 Å². The zero-order valence-corrected chi connectivity index (χ0v) is 16.3. The molecule has 0 bridgehead atoms. The molecular weight excluding hydrogens is 384 g/mol. The Morgan fingerprint density at radius 1 is 0.862 bits per heavy atom. The lowest BCUT2D eigenvalue weighted by atomic mass is 9.83. The SMILES string of the molecule is C=C1NC(=O)N[C@@H](c2ccc(-c3ccccc3)cc2)[C@@H]1C(=O)c1ccc(Cl)cc1. The normalized spacial score (nSPS) is 18.7. The second-order valence-corrected chi connectivity index (χ2v) is 7.37. The van der Waals surface area contributed by atoms with Gasteiger partial charge in [0.25, 0.3) is 0 Å². The van der Waals surface area contributed by atoms with Gasteiger partial charge >= 0.3 is 6.03 Å². The van der Waals surface area contributed by atoms with Crippen molar-refractivity contribution in [3.63, 3.8) is 0 Å². The number of benzene rings is 3. The van der Waals surface area contributed by atoms with Crippen LogP contribution in [0.25, 0.3) is 11.1 Å². The molecule has 0 saturated carbocycles. The highest BCUT2D eigenvalue weighted by atomic mass is 35.5. The van der Waals surface area contributed by atoms with Crippen molar-refractivity contribution in [1.29, 1.82) is 0 Å². The summed E-state index contributed by atoms with van der Waals surface area (Å²) in [5, 5.41) is 6.07. The summed E-state index contributed by atoms with van der Waals surface area (Å²) in [5.41, 5.74) is 3.91. The van der Waals surface area contributed by atoms with E-state index >= 15 is 0 Å². The van der Waals surface area contributed by atoms with Crippen molar-refractivity contribution in [3.8, 4) is 11.1 Å². The first kappa shape index (κ1) is 19.0. The number of hydrogen-bond donors (Lipinski definition) is 2. The third-order valence-corrected chi connectivity index (χ3v) is 5.31. The van der Waals surface area contributed by atoms with Crippen LogP contribution in [0.1, 0.15) is 22.0 Å². The standard InChI is InChI=1S/C24H19ClN2O2/c1-15-21(23(28)19-11-13-20(25)14-12-19)22(27-24(29)26-15)18-9-7-17(8-10-18)16-5-3-2-4-6-16/h2-14,21-22H,1H2,(H2,26,27,29)/t21-,22+/m1/s1. The van der Waals surface area contributed by atoms with E-state index < -0.39 is 12.0 Å². The summed E-state index contributed by atoms with van der Waals surface area (Å²) in [6.07, 6.45) is 0. The molecule has 2 atom stereocenters. The molecule has 1 heterocycles. The van der Waals surface area contributed by atoms with Gasteiger partial charge in [-0.2, -0.15) is 0 Å². The van der Waals surface area contributed by atoms with Crippen LogP contribution in [0.3, 0.4) is 0 Å². The number of carbonyl (C=O) groups excluding carboxylic acids is 2. The lowest BCUT2D eigenvalue weighted by Gasteiger charge is -2.34. The molecule has 2 N–H and O–H groups in total. The molecule has 3 aromatic carbocycles. The van der Waals surface area contributed by atoms with Gasteiger partial charge in [0.15, 0.2) is 5.78 Å². The minimum atomic E-state index is -0.628. The zero-order chi connectivity index (χ0) is 20.4. The smallest absolute Gasteiger partial charge is 0.319 e. The Morgan fingerprint density at radius 2 is 1.48 bits per heavy atom. The van der Waals surface area contributed by atoms with Crippen molar-refractivity contribution in [2.24, 2.45) is 5.92 Å². The van der Waals surface area contributed by atoms with Gasteiger partial charge in [-0.3, -0.25) is 4.79 Å². The molecule has 2 amide bonds. The third kappa shape index (κ3) is 3.93. The van der Waals surface area contributed by atoms with Gasteiger partial charge in [-0.1, -0.05) is 72.8 Å². The molecular formula is C24H19ClN2O2. The van der Waals surface area contributed by atoms with Crippen molar-refractivity contribution in [3.05, 3.63) is 107 Å². The third-order valence-electron chi connectivity index (χ3n) is 5.06. The summed E-state index contributed by atoms with van der Waals surface area (Å²) in [6, 6.07) is 23.7. The fourth-order valence-corrected chi connectivity index (χ4v) is 3.70. The van der Waals surface area contributed by atoms with Crippen molar-refractivity contribution in [1.82, 2.24) is 10.6 Å². The molecule has 1 aliphatic heterocycles. The van der Waals surface area contributed by atoms with Crippen LogP contribution in [0.15, 0.2) is 91.1 Å². The Morgan fingerprint density at radius 3 is 2.14 bits per heavy atom. The topological polar surface area (TPSA) is 58.2 Å². The van der Waals surface area contributed by atoms with Crippen LogP contribution in [-0.4, -0.2) is 11.8 Å². The molecule has 5 heteroatoms. The van der Waals surface area contributed by atoms with E-state index in [9.17, 15) is 9.59 Å². The average molecular weight is 403 g/mol. The maximum Gasteiger partial charge on any atom is 0.319 e. The molecule has 0 aliphatic carbocycles. The number of hydrogen-bond acceptors (Lipinski definition) is 2. The Labute approximate surface area is 174 Å². The number of urea groups is 1. The average Bonchev–Trinajstić information content (AvgIpc) is 2.74. The van der Waals surface area contributed by atoms with Crippen LogP contribution in [0.4, 0.5) is 4.79 Å². The van der Waals surface area contributed by atoms with Crippen molar-refractivity contribution in [2.45, 2.75) is 6.04 Å². The Balaban J connectivity index is 1.67. The predicted octanol–water partition coefficient (Wildman–Crippen LogP) is 5.37. The Hall–Kier alpha value is -3.37. The number of halogens is 1. The summed E-state index contributed by atoms with van der Waals surface area (Å²) >= 11 is 5.94. The molecule has 0 aromatic heterocycles. The summed E-state index contributed by atoms with van der Waals surface area (Å²) < 4.78 is 0. The van der Waals surface area contributed by atoms with Gasteiger partial charge < -0.3 is 10.6 Å². The lowest BCUT2D eigenvalue weighted by Crippen LogP contribution is -2.50. The van der Waals surface area contributed by atoms with Crippen molar-refractivity contribution >= 4 is 23.4 Å². The molecule has 144 valence electrons. The van der Waals surface area contributed by atoms with Gasteiger partial charge in [-0.15, -0.1) is 0 Å². The summed E-state index contributed by atoms with van der Waals surface area (Å²) in [4.78, 5) is 25.3. The molecule has 1 fully saturated rings. The van der Waals surface area contributed by atoms with Gasteiger partial charge in [0.2, 0.25) is 0 Å². The number of rotatable bonds is 4. The molecule has 4 rings (SSSR count). The minimum Gasteiger partial charge on any atom is -0.330 e. The van der Waals surface area contributed by atoms with E-state index in [1.54, 1.807) is 24.3 Å². The number of ketones is 1. The first-order valence-corrected chi connectivity index (χ1v) is 9.62. The number of Topliss-reactive ketones (excluding diaryl/α,β-unsaturated/α-hetero) is 1. The highest BCUT2D eigenvalue weighted by molar-refractivity contribution is 6.30. The van der Waals surface area contributed by atoms with E-state index in [0.717, 1.165) is 16.7 Å². The highest BCUT2D eigenvalue weighted by Gasteiger charge is 2.38. The molecule has 1 saturated heterocycles. The summed E-state index contributed by atoms with van der Waals surface area (Å²) in [5.74, 6) is -0.757. The van der Waals surface area contributed by atoms with Crippen molar-refractivity contribution in [2.75, 3.05) is 0 Å². The van der Waals surface area contributed by atoms with Crippen LogP contribution in [0.2, 0.25) is 5.02 Å². The van der Waals surface area contributed by atoms with Gasteiger partial charge in [0.1, 0.15) is 0 Å². The van der Waals surface area contributed by atoms with E-state index in [2.05, 4.69) is 17.2 Å². The maximum atomic E-state index is 13.2. The summed E-state index contributed by atoms with van der Waals surface area (Å²) in [7, 11) is 0. The quantitative estimate of drug-likeness (QED) is 0.576. The lowest BCUT2D eigenvalue weighted by molar-refractivity contribution is 0.0905. The largest absolute Gasteiger partial charge is 0.330 e. The number of nitrogens with one attached hydrogen (secondary N) is 2. The number of amides is 2. The van der Waals surface area contributed by atoms with E-state index in [0.29, 0.717) is 16.3 Å². The molecule has 3 aromatic rings. The second-order valence-electron chi connectivity index (χ2n) is 6.94. The number of carbonyl (C=O) groups is 2. The first-order valence-electron chi connectivity index (χ1n) is 9.24. The van der Waals surface area contributed by atoms with Crippen LogP contribution in [0, 0.1) is 5.92 Å². The van der Waals surface area contributed by atoms with E-state index in [4.69, 9.17) is 11.6 Å². The summed E-state index contributed by atoms with van der Waals surface area (Å²) in [6.45, 7) is 3.93. The molecule has 0 radical (unpaired) electrons. The molecule has 4 nitrogen and oxygen atoms in total. The molecule has 29 heavy (non-hydrogen) atoms. The zero-order valence-electron chi connectivity index (χ0n) is 15.6. The van der Waals surface area contributed by atoms with Crippen LogP contribution in [-0.2, 0) is 0 Å². The monoisotopic (exact) mass is 402 g/mol. The van der Waals surface area contributed by atoms with Crippen LogP contribution in [0.5, 0.6) is 0 Å². The van der Waals surface area contributed by atoms with Gasteiger partial charge in [0.05, 0.1) is 12.0 Å². The highest BCUT2D eigenvalue weighted by Crippen LogP contribution is 2.33. The Kier molecular flexibility index (Phi) is 5.19. The maximum absolute atomic E-state index is 13.2. The fraction of sp³-hybridized carbons (Fsp3) is 0.0833.